The van der Waals surface area contributed by atoms with Crippen LogP contribution < -0.4 is 38.1 Å². The average Bonchev–Trinajstić information content (AvgIpc) is 3.04. The maximum absolute atomic E-state index is 12.5. The number of nitrogens with two attached hydrogens (primary N) is 2. The Bertz CT molecular complexity index is 1160. The van der Waals surface area contributed by atoms with E-state index in [2.05, 4.69) is 26.6 Å². The number of urea groups is 1. The first-order valence-corrected chi connectivity index (χ1v) is 15.9. The molecule has 10 N–H and O–H groups in total. The highest BCUT2D eigenvalue weighted by Crippen LogP contribution is 2.17. The monoisotopic (exact) mass is 683 g/mol. The highest BCUT2D eigenvalue weighted by molar-refractivity contribution is 5.99. The van der Waals surface area contributed by atoms with Gasteiger partial charge in [-0.25, -0.2) is 4.79 Å². The Hall–Kier alpha value is -4.73. The van der Waals surface area contributed by atoms with Crippen molar-refractivity contribution in [1.29, 1.82) is 0 Å². The number of hydrogen-bond donors (Lipinski definition) is 8. The fourth-order valence-corrected chi connectivity index (χ4v) is 3.05. The first-order valence-electron chi connectivity index (χ1n) is 15.9. The molecule has 274 valence electrons. The van der Waals surface area contributed by atoms with Gasteiger partial charge in [-0.1, -0.05) is 68.4 Å². The number of ether oxygens (including phenoxy) is 1. The SMILES string of the molecule is CC.CCC(=O)O.CCCNC(N)=O.CCNCC(=O)NC(C(=O)NCC(=O)Nc1ccc(COC(=O)C(C)C)c(C(N)=O)c1)C(C)C. The summed E-state index contributed by atoms with van der Waals surface area (Å²) in [5, 5.41) is 20.8. The van der Waals surface area contributed by atoms with E-state index in [1.54, 1.807) is 34.6 Å². The smallest absolute Gasteiger partial charge is 0.312 e. The number of rotatable bonds is 16. The molecule has 0 spiro atoms. The molecule has 0 aliphatic rings. The molecule has 0 aliphatic carbocycles. The topological polar surface area (TPSA) is 261 Å². The van der Waals surface area contributed by atoms with E-state index in [1.165, 1.54) is 18.2 Å². The van der Waals surface area contributed by atoms with E-state index < -0.39 is 41.7 Å². The van der Waals surface area contributed by atoms with E-state index in [1.807, 2.05) is 27.7 Å². The summed E-state index contributed by atoms with van der Waals surface area (Å²) in [5.74, 6) is -3.76. The van der Waals surface area contributed by atoms with Crippen LogP contribution in [0.1, 0.15) is 91.1 Å². The zero-order valence-corrected chi connectivity index (χ0v) is 29.8. The molecule has 0 radical (unpaired) electrons. The van der Waals surface area contributed by atoms with Crippen LogP contribution >= 0.6 is 0 Å². The number of carbonyl (C=O) groups is 7. The normalized spacial score (nSPS) is 10.3. The van der Waals surface area contributed by atoms with E-state index in [9.17, 15) is 33.6 Å². The van der Waals surface area contributed by atoms with Gasteiger partial charge in [-0.2, -0.15) is 0 Å². The molecule has 1 unspecified atom stereocenters. The van der Waals surface area contributed by atoms with Crippen molar-refractivity contribution in [3.8, 4) is 0 Å². The van der Waals surface area contributed by atoms with Crippen molar-refractivity contribution in [2.75, 3.05) is 31.5 Å². The minimum Gasteiger partial charge on any atom is -0.481 e. The fourth-order valence-electron chi connectivity index (χ4n) is 3.05. The van der Waals surface area contributed by atoms with Crippen molar-refractivity contribution in [2.45, 2.75) is 87.8 Å². The lowest BCUT2D eigenvalue weighted by molar-refractivity contribution is -0.148. The molecule has 0 bridgehead atoms. The third-order valence-electron chi connectivity index (χ3n) is 5.58. The third kappa shape index (κ3) is 24.5. The molecular formula is C32H57N7O9. The van der Waals surface area contributed by atoms with E-state index in [0.29, 0.717) is 18.7 Å². The van der Waals surface area contributed by atoms with Crippen LogP contribution in [-0.4, -0.2) is 78.9 Å². The molecule has 0 saturated heterocycles. The molecule has 16 nitrogen and oxygen atoms in total. The number of hydrogen-bond acceptors (Lipinski definition) is 9. The molecular weight excluding hydrogens is 626 g/mol. The van der Waals surface area contributed by atoms with Crippen LogP contribution in [0.5, 0.6) is 0 Å². The maximum Gasteiger partial charge on any atom is 0.312 e. The lowest BCUT2D eigenvalue weighted by Gasteiger charge is -2.21. The van der Waals surface area contributed by atoms with Crippen LogP contribution in [0.25, 0.3) is 0 Å². The summed E-state index contributed by atoms with van der Waals surface area (Å²) < 4.78 is 5.14. The lowest BCUT2D eigenvalue weighted by atomic mass is 10.0. The summed E-state index contributed by atoms with van der Waals surface area (Å²) in [6.45, 7) is 17.3. The van der Waals surface area contributed by atoms with Gasteiger partial charge in [-0.3, -0.25) is 28.8 Å². The van der Waals surface area contributed by atoms with Crippen molar-refractivity contribution < 1.29 is 43.4 Å². The second-order valence-corrected chi connectivity index (χ2v) is 10.4. The number of anilines is 1. The Kier molecular flexibility index (Phi) is 28.3. The Morgan fingerprint density at radius 1 is 0.875 bits per heavy atom. The zero-order chi connectivity index (χ0) is 37.8. The van der Waals surface area contributed by atoms with E-state index in [-0.39, 0.29) is 55.1 Å². The summed E-state index contributed by atoms with van der Waals surface area (Å²) in [5.41, 5.74) is 10.9. The maximum atomic E-state index is 12.5. The average molecular weight is 684 g/mol. The number of carboxylic acid groups (broad SMARTS) is 1. The Balaban J connectivity index is -0.00000121. The van der Waals surface area contributed by atoms with Crippen LogP contribution in [0.3, 0.4) is 0 Å². The van der Waals surface area contributed by atoms with Crippen molar-refractivity contribution in [3.05, 3.63) is 29.3 Å². The van der Waals surface area contributed by atoms with Crippen LogP contribution in [0.4, 0.5) is 10.5 Å². The minimum absolute atomic E-state index is 0.0857. The number of benzene rings is 1. The second-order valence-electron chi connectivity index (χ2n) is 10.4. The summed E-state index contributed by atoms with van der Waals surface area (Å²) >= 11 is 0. The van der Waals surface area contributed by atoms with Gasteiger partial charge in [0.05, 0.1) is 19.0 Å². The van der Waals surface area contributed by atoms with E-state index in [0.717, 1.165) is 6.42 Å². The largest absolute Gasteiger partial charge is 0.481 e. The summed E-state index contributed by atoms with van der Waals surface area (Å²) in [4.78, 5) is 79.5. The first kappa shape index (κ1) is 47.7. The molecule has 0 heterocycles. The molecule has 6 amide bonds. The van der Waals surface area contributed by atoms with E-state index in [4.69, 9.17) is 21.3 Å². The van der Waals surface area contributed by atoms with Crippen LogP contribution in [-0.2, 0) is 35.3 Å². The van der Waals surface area contributed by atoms with Gasteiger partial charge in [0, 0.05) is 29.8 Å². The molecule has 0 saturated carbocycles. The predicted molar refractivity (Wildman–Crippen MR) is 184 cm³/mol. The fraction of sp³-hybridized carbons (Fsp3) is 0.594. The van der Waals surface area contributed by atoms with Gasteiger partial charge in [0.1, 0.15) is 12.6 Å². The number of aliphatic carboxylic acids is 1. The Morgan fingerprint density at radius 2 is 1.46 bits per heavy atom. The zero-order valence-electron chi connectivity index (χ0n) is 29.8. The van der Waals surface area contributed by atoms with E-state index >= 15 is 0 Å². The molecule has 1 aromatic rings. The molecule has 1 atom stereocenters. The van der Waals surface area contributed by atoms with Crippen molar-refractivity contribution in [2.24, 2.45) is 23.3 Å². The predicted octanol–water partition coefficient (Wildman–Crippen LogP) is 1.86. The molecule has 0 aliphatic heterocycles. The number of amides is 6. The van der Waals surface area contributed by atoms with Gasteiger partial charge >= 0.3 is 18.0 Å². The van der Waals surface area contributed by atoms with Crippen LogP contribution in [0.2, 0.25) is 0 Å². The molecule has 0 fully saturated rings. The van der Waals surface area contributed by atoms with Crippen molar-refractivity contribution >= 4 is 47.3 Å². The number of nitrogens with one attached hydrogen (secondary N) is 5. The Labute approximate surface area is 283 Å². The standard InChI is InChI=1S/C23H35N5O6.C4H10N2O.C3H6O2.C2H6/c1-6-25-10-18(29)28-20(13(2)3)22(32)26-11-19(30)27-16-8-7-15(17(9-16)21(24)31)12-34-23(33)14(4)5;1-2-3-6-4(5)7;1-2-3(4)5;1-2/h7-9,13-14,20,25H,6,10-12H2,1-5H3,(H2,24,31)(H,26,32)(H,27,30)(H,28,29);2-3H2,1H3,(H3,5,6,7);2H2,1H3,(H,4,5);1-2H3. The van der Waals surface area contributed by atoms with Crippen LogP contribution in [0.15, 0.2) is 18.2 Å². The number of carbonyl (C=O) groups excluding carboxylic acids is 6. The Morgan fingerprint density at radius 3 is 1.88 bits per heavy atom. The first-order chi connectivity index (χ1) is 22.5. The molecule has 16 heteroatoms. The molecule has 0 aromatic heterocycles. The summed E-state index contributed by atoms with van der Waals surface area (Å²) in [7, 11) is 0. The van der Waals surface area contributed by atoms with Crippen LogP contribution in [0, 0.1) is 11.8 Å². The minimum atomic E-state index is -0.798. The number of carboxylic acids is 1. The highest BCUT2D eigenvalue weighted by Gasteiger charge is 2.24. The van der Waals surface area contributed by atoms with Crippen molar-refractivity contribution in [1.82, 2.24) is 21.3 Å². The van der Waals surface area contributed by atoms with Gasteiger partial charge in [-0.15, -0.1) is 0 Å². The van der Waals surface area contributed by atoms with Gasteiger partial charge in [0.15, 0.2) is 0 Å². The number of primary amides is 2. The summed E-state index contributed by atoms with van der Waals surface area (Å²) in [6.07, 6.45) is 1.16. The summed E-state index contributed by atoms with van der Waals surface area (Å²) in [6, 6.07) is 3.19. The molecule has 48 heavy (non-hydrogen) atoms. The highest BCUT2D eigenvalue weighted by atomic mass is 16.5. The third-order valence-corrected chi connectivity index (χ3v) is 5.58. The molecule has 1 rings (SSSR count). The number of esters is 1. The molecule has 1 aromatic carbocycles. The number of likely N-dealkylation sites (N-methyl/N-ethyl adjacent to an activating group) is 1. The quantitative estimate of drug-likeness (QED) is 0.117. The van der Waals surface area contributed by atoms with Crippen molar-refractivity contribution in [3.63, 3.8) is 0 Å². The van der Waals surface area contributed by atoms with Gasteiger partial charge < -0.3 is 47.9 Å². The second kappa shape index (κ2) is 28.5. The van der Waals surface area contributed by atoms with Gasteiger partial charge in [0.2, 0.25) is 23.6 Å². The van der Waals surface area contributed by atoms with Gasteiger partial charge in [-0.05, 0) is 31.0 Å². The lowest BCUT2D eigenvalue weighted by Crippen LogP contribution is -2.52. The van der Waals surface area contributed by atoms with Gasteiger partial charge in [0.25, 0.3) is 0 Å².